The van der Waals surface area contributed by atoms with Crippen molar-refractivity contribution in [1.82, 2.24) is 15.3 Å². The number of aryl methyl sites for hydroxylation is 1. The highest BCUT2D eigenvalue weighted by Gasteiger charge is 2.24. The molecule has 3 rings (SSSR count). The van der Waals surface area contributed by atoms with E-state index in [0.29, 0.717) is 5.92 Å². The van der Waals surface area contributed by atoms with E-state index in [1.54, 1.807) is 12.4 Å². The van der Waals surface area contributed by atoms with Crippen LogP contribution in [-0.4, -0.2) is 23.1 Å². The van der Waals surface area contributed by atoms with Gasteiger partial charge in [-0.3, -0.25) is 9.97 Å². The molecule has 1 aromatic heterocycles. The van der Waals surface area contributed by atoms with Gasteiger partial charge in [0, 0.05) is 37.0 Å². The highest BCUT2D eigenvalue weighted by Crippen LogP contribution is 2.29. The molecule has 0 unspecified atom stereocenters. The van der Waals surface area contributed by atoms with Crippen molar-refractivity contribution < 1.29 is 0 Å². The first-order chi connectivity index (χ1) is 8.36. The second-order valence-electron chi connectivity index (χ2n) is 4.46. The molecule has 0 saturated carbocycles. The molecule has 86 valence electrons. The van der Waals surface area contributed by atoms with E-state index in [-0.39, 0.29) is 0 Å². The van der Waals surface area contributed by atoms with E-state index in [9.17, 15) is 0 Å². The van der Waals surface area contributed by atoms with Crippen molar-refractivity contribution in [3.05, 3.63) is 47.9 Å². The van der Waals surface area contributed by atoms with E-state index in [2.05, 4.69) is 46.5 Å². The predicted octanol–water partition coefficient (Wildman–Crippen LogP) is 2.14. The van der Waals surface area contributed by atoms with Crippen molar-refractivity contribution in [3.63, 3.8) is 0 Å². The maximum atomic E-state index is 4.52. The summed E-state index contributed by atoms with van der Waals surface area (Å²) in [6, 6.07) is 8.35. The zero-order valence-electron chi connectivity index (χ0n) is 9.85. The third kappa shape index (κ3) is 1.83. The molecule has 0 atom stereocenters. The molecule has 3 heteroatoms. The maximum absolute atomic E-state index is 4.52. The number of hydrogen-bond donors (Lipinski definition) is 1. The quantitative estimate of drug-likeness (QED) is 0.851. The second kappa shape index (κ2) is 4.26. The van der Waals surface area contributed by atoms with Gasteiger partial charge in [-0.15, -0.1) is 0 Å². The van der Waals surface area contributed by atoms with Gasteiger partial charge in [-0.25, -0.2) is 0 Å². The molecule has 1 aliphatic rings. The molecule has 1 saturated heterocycles. The van der Waals surface area contributed by atoms with Crippen LogP contribution in [0.3, 0.4) is 0 Å². The molecule has 1 aliphatic heterocycles. The third-order valence-corrected chi connectivity index (χ3v) is 3.29. The highest BCUT2D eigenvalue weighted by atomic mass is 15.0. The number of hydrogen-bond acceptors (Lipinski definition) is 3. The standard InChI is InChI=1S/C14H15N3/c1-10-4-2-3-5-12(10)14-13(11-8-15-9-11)16-6-7-17-14/h2-7,11,15H,8-9H2,1H3. The molecule has 2 heterocycles. The Hall–Kier alpha value is -1.74. The summed E-state index contributed by atoms with van der Waals surface area (Å²) in [5.74, 6) is 0.512. The lowest BCUT2D eigenvalue weighted by Crippen LogP contribution is -2.40. The molecule has 17 heavy (non-hydrogen) atoms. The summed E-state index contributed by atoms with van der Waals surface area (Å²) < 4.78 is 0. The van der Waals surface area contributed by atoms with Crippen LogP contribution in [0.4, 0.5) is 0 Å². The van der Waals surface area contributed by atoms with E-state index < -0.39 is 0 Å². The van der Waals surface area contributed by atoms with Crippen LogP contribution in [-0.2, 0) is 0 Å². The lowest BCUT2D eigenvalue weighted by Gasteiger charge is -2.27. The highest BCUT2D eigenvalue weighted by molar-refractivity contribution is 5.66. The summed E-state index contributed by atoms with van der Waals surface area (Å²) in [5, 5.41) is 3.29. The Morgan fingerprint density at radius 2 is 1.88 bits per heavy atom. The molecule has 3 nitrogen and oxygen atoms in total. The summed E-state index contributed by atoms with van der Waals surface area (Å²) in [4.78, 5) is 9.04. The van der Waals surface area contributed by atoms with Gasteiger partial charge < -0.3 is 5.32 Å². The minimum Gasteiger partial charge on any atom is -0.315 e. The van der Waals surface area contributed by atoms with Gasteiger partial charge in [0.05, 0.1) is 11.4 Å². The predicted molar refractivity (Wildman–Crippen MR) is 67.8 cm³/mol. The van der Waals surface area contributed by atoms with Gasteiger partial charge in [0.1, 0.15) is 0 Å². The molecule has 0 aliphatic carbocycles. The largest absolute Gasteiger partial charge is 0.315 e. The van der Waals surface area contributed by atoms with Gasteiger partial charge in [0.2, 0.25) is 0 Å². The Balaban J connectivity index is 2.11. The van der Waals surface area contributed by atoms with Crippen molar-refractivity contribution in [3.8, 4) is 11.3 Å². The number of aromatic nitrogens is 2. The fourth-order valence-electron chi connectivity index (χ4n) is 2.18. The number of nitrogens with zero attached hydrogens (tertiary/aromatic N) is 2. The van der Waals surface area contributed by atoms with Crippen LogP contribution in [0.2, 0.25) is 0 Å². The van der Waals surface area contributed by atoms with Gasteiger partial charge in [-0.05, 0) is 12.5 Å². The van der Waals surface area contributed by atoms with Gasteiger partial charge in [0.25, 0.3) is 0 Å². The molecular weight excluding hydrogens is 210 g/mol. The zero-order valence-corrected chi connectivity index (χ0v) is 9.85. The monoisotopic (exact) mass is 225 g/mol. The summed E-state index contributed by atoms with van der Waals surface area (Å²) in [7, 11) is 0. The molecular formula is C14H15N3. The molecule has 0 amide bonds. The van der Waals surface area contributed by atoms with E-state index >= 15 is 0 Å². The van der Waals surface area contributed by atoms with E-state index in [0.717, 1.165) is 24.5 Å². The summed E-state index contributed by atoms with van der Waals surface area (Å²) in [5.41, 5.74) is 4.61. The van der Waals surface area contributed by atoms with Gasteiger partial charge >= 0.3 is 0 Å². The van der Waals surface area contributed by atoms with E-state index in [1.165, 1.54) is 11.1 Å². The lowest BCUT2D eigenvalue weighted by molar-refractivity contribution is 0.439. The van der Waals surface area contributed by atoms with E-state index in [4.69, 9.17) is 0 Å². The molecule has 0 radical (unpaired) electrons. The van der Waals surface area contributed by atoms with E-state index in [1.807, 2.05) is 0 Å². The van der Waals surface area contributed by atoms with Crippen LogP contribution in [0.5, 0.6) is 0 Å². The van der Waals surface area contributed by atoms with Crippen LogP contribution >= 0.6 is 0 Å². The maximum Gasteiger partial charge on any atom is 0.0923 e. The zero-order chi connectivity index (χ0) is 11.7. The fourth-order valence-corrected chi connectivity index (χ4v) is 2.18. The summed E-state index contributed by atoms with van der Waals surface area (Å²) in [6.45, 7) is 4.14. The Morgan fingerprint density at radius 3 is 2.59 bits per heavy atom. The Labute approximate surface area is 101 Å². The van der Waals surface area contributed by atoms with Crippen molar-refractivity contribution in [2.24, 2.45) is 0 Å². The smallest absolute Gasteiger partial charge is 0.0923 e. The minimum atomic E-state index is 0.512. The Kier molecular flexibility index (Phi) is 2.61. The first-order valence-corrected chi connectivity index (χ1v) is 5.94. The fraction of sp³-hybridized carbons (Fsp3) is 0.286. The summed E-state index contributed by atoms with van der Waals surface area (Å²) in [6.07, 6.45) is 3.56. The Morgan fingerprint density at radius 1 is 1.12 bits per heavy atom. The van der Waals surface area contributed by atoms with Gasteiger partial charge in [-0.1, -0.05) is 24.3 Å². The van der Waals surface area contributed by atoms with Crippen molar-refractivity contribution in [2.45, 2.75) is 12.8 Å². The molecule has 1 fully saturated rings. The van der Waals surface area contributed by atoms with Crippen molar-refractivity contribution >= 4 is 0 Å². The van der Waals surface area contributed by atoms with Gasteiger partial charge in [-0.2, -0.15) is 0 Å². The van der Waals surface area contributed by atoms with Crippen molar-refractivity contribution in [1.29, 1.82) is 0 Å². The lowest BCUT2D eigenvalue weighted by atomic mass is 9.93. The van der Waals surface area contributed by atoms with Gasteiger partial charge in [0.15, 0.2) is 0 Å². The van der Waals surface area contributed by atoms with Crippen LogP contribution < -0.4 is 5.32 Å². The normalized spacial score (nSPS) is 15.6. The van der Waals surface area contributed by atoms with Crippen LogP contribution in [0, 0.1) is 6.92 Å². The van der Waals surface area contributed by atoms with Crippen LogP contribution in [0.25, 0.3) is 11.3 Å². The first kappa shape index (κ1) is 10.4. The molecule has 0 spiro atoms. The first-order valence-electron chi connectivity index (χ1n) is 5.94. The topological polar surface area (TPSA) is 37.8 Å². The van der Waals surface area contributed by atoms with Crippen LogP contribution in [0.1, 0.15) is 17.2 Å². The molecule has 2 aromatic rings. The molecule has 1 N–H and O–H groups in total. The number of benzene rings is 1. The third-order valence-electron chi connectivity index (χ3n) is 3.29. The minimum absolute atomic E-state index is 0.512. The van der Waals surface area contributed by atoms with Crippen LogP contribution in [0.15, 0.2) is 36.7 Å². The average Bonchev–Trinajstić information content (AvgIpc) is 2.29. The van der Waals surface area contributed by atoms with Crippen molar-refractivity contribution in [2.75, 3.05) is 13.1 Å². The average molecular weight is 225 g/mol. The Bertz CT molecular complexity index is 532. The SMILES string of the molecule is Cc1ccccc1-c1nccnc1C1CNC1. The molecule has 0 bridgehead atoms. The summed E-state index contributed by atoms with van der Waals surface area (Å²) >= 11 is 0. The molecule has 1 aromatic carbocycles. The number of nitrogens with one attached hydrogen (secondary N) is 1. The number of rotatable bonds is 2. The second-order valence-corrected chi connectivity index (χ2v) is 4.46.